The van der Waals surface area contributed by atoms with Crippen LogP contribution in [0.3, 0.4) is 0 Å². The maximum Gasteiger partial charge on any atom is 0.140 e. The largest absolute Gasteiger partial charge is 0.326 e. The molecule has 0 aliphatic rings. The molecule has 2 nitrogen and oxygen atoms in total. The molecular weight excluding hydrogens is 324 g/mol. The predicted molar refractivity (Wildman–Crippen MR) is 109 cm³/mol. The topological polar surface area (TPSA) is 17.8 Å². The number of nitrogens with zero attached hydrogens (tertiary/aromatic N) is 2. The van der Waals surface area contributed by atoms with Gasteiger partial charge in [0.2, 0.25) is 0 Å². The monoisotopic (exact) mass is 346 g/mol. The first kappa shape index (κ1) is 16.2. The molecule has 0 fully saturated rings. The number of fused-ring (bicyclic) bond motifs is 3. The Morgan fingerprint density at radius 3 is 2.52 bits per heavy atom. The SMILES string of the molecule is CCSc1cc2cc(CC)ccc2c2nc(-c3ccccc3)n(C)c12. The van der Waals surface area contributed by atoms with E-state index in [4.69, 9.17) is 4.98 Å². The minimum atomic E-state index is 1.03. The number of hydrogen-bond acceptors (Lipinski definition) is 2. The van der Waals surface area contributed by atoms with E-state index in [1.165, 1.54) is 26.7 Å². The molecule has 126 valence electrons. The summed E-state index contributed by atoms with van der Waals surface area (Å²) in [5, 5.41) is 2.53. The minimum Gasteiger partial charge on any atom is -0.326 e. The van der Waals surface area contributed by atoms with Crippen LogP contribution >= 0.6 is 11.8 Å². The Morgan fingerprint density at radius 1 is 1.00 bits per heavy atom. The summed E-state index contributed by atoms with van der Waals surface area (Å²) in [6, 6.07) is 19.6. The van der Waals surface area contributed by atoms with Gasteiger partial charge in [-0.1, -0.05) is 62.4 Å². The van der Waals surface area contributed by atoms with Gasteiger partial charge in [-0.05, 0) is 29.2 Å². The molecule has 0 saturated carbocycles. The van der Waals surface area contributed by atoms with E-state index in [1.807, 2.05) is 17.8 Å². The lowest BCUT2D eigenvalue weighted by atomic mass is 10.0. The van der Waals surface area contributed by atoms with Gasteiger partial charge in [0.05, 0.1) is 11.0 Å². The second-order valence-electron chi connectivity index (χ2n) is 6.27. The molecule has 0 saturated heterocycles. The molecule has 1 heterocycles. The van der Waals surface area contributed by atoms with Gasteiger partial charge in [0, 0.05) is 22.9 Å². The first-order valence-electron chi connectivity index (χ1n) is 8.83. The van der Waals surface area contributed by atoms with Crippen LogP contribution in [-0.2, 0) is 13.5 Å². The highest BCUT2D eigenvalue weighted by atomic mass is 32.2. The summed E-state index contributed by atoms with van der Waals surface area (Å²) in [6.45, 7) is 4.41. The fourth-order valence-corrected chi connectivity index (χ4v) is 4.35. The third-order valence-corrected chi connectivity index (χ3v) is 5.64. The number of hydrogen-bond donors (Lipinski definition) is 0. The second kappa shape index (κ2) is 6.57. The number of thioether (sulfide) groups is 1. The maximum absolute atomic E-state index is 5.06. The van der Waals surface area contributed by atoms with Crippen LogP contribution in [0.15, 0.2) is 59.5 Å². The lowest BCUT2D eigenvalue weighted by Gasteiger charge is -2.09. The second-order valence-corrected chi connectivity index (χ2v) is 7.58. The van der Waals surface area contributed by atoms with Crippen molar-refractivity contribution in [3.63, 3.8) is 0 Å². The Bertz CT molecular complexity index is 1050. The van der Waals surface area contributed by atoms with Crippen LogP contribution in [-0.4, -0.2) is 15.3 Å². The summed E-state index contributed by atoms with van der Waals surface area (Å²) in [5.41, 5.74) is 4.88. The van der Waals surface area contributed by atoms with E-state index in [0.29, 0.717) is 0 Å². The lowest BCUT2D eigenvalue weighted by Crippen LogP contribution is -1.93. The van der Waals surface area contributed by atoms with Crippen molar-refractivity contribution in [2.75, 3.05) is 5.75 Å². The summed E-state index contributed by atoms with van der Waals surface area (Å²) >= 11 is 1.89. The van der Waals surface area contributed by atoms with Crippen LogP contribution in [0.4, 0.5) is 0 Å². The van der Waals surface area contributed by atoms with Crippen LogP contribution in [0.2, 0.25) is 0 Å². The zero-order valence-corrected chi connectivity index (χ0v) is 15.7. The van der Waals surface area contributed by atoms with Crippen LogP contribution < -0.4 is 0 Å². The Labute approximate surface area is 152 Å². The predicted octanol–water partition coefficient (Wildman–Crippen LogP) is 6.07. The lowest BCUT2D eigenvalue weighted by molar-refractivity contribution is 0.950. The average Bonchev–Trinajstić information content (AvgIpc) is 3.00. The smallest absolute Gasteiger partial charge is 0.140 e. The minimum absolute atomic E-state index is 1.03. The molecular formula is C22H22N2S. The van der Waals surface area contributed by atoms with Crippen molar-refractivity contribution in [1.82, 2.24) is 9.55 Å². The molecule has 4 aromatic rings. The highest BCUT2D eigenvalue weighted by Crippen LogP contribution is 2.36. The number of aromatic nitrogens is 2. The van der Waals surface area contributed by atoms with E-state index in [0.717, 1.165) is 29.1 Å². The van der Waals surface area contributed by atoms with Crippen molar-refractivity contribution in [2.24, 2.45) is 7.05 Å². The van der Waals surface area contributed by atoms with Gasteiger partial charge in [-0.25, -0.2) is 4.98 Å². The van der Waals surface area contributed by atoms with Crippen LogP contribution in [0.1, 0.15) is 19.4 Å². The molecule has 0 spiro atoms. The van der Waals surface area contributed by atoms with Crippen molar-refractivity contribution >= 4 is 33.6 Å². The van der Waals surface area contributed by atoms with Gasteiger partial charge in [0.25, 0.3) is 0 Å². The van der Waals surface area contributed by atoms with Crippen molar-refractivity contribution in [3.05, 3.63) is 60.2 Å². The maximum atomic E-state index is 5.06. The van der Waals surface area contributed by atoms with E-state index in [2.05, 4.69) is 74.0 Å². The molecule has 0 atom stereocenters. The zero-order chi connectivity index (χ0) is 17.4. The molecule has 0 unspecified atom stereocenters. The first-order valence-corrected chi connectivity index (χ1v) is 9.81. The zero-order valence-electron chi connectivity index (χ0n) is 14.9. The molecule has 0 aliphatic carbocycles. The standard InChI is InChI=1S/C22H22N2S/c1-4-15-11-12-18-17(13-15)14-19(25-5-2)21-20(18)23-22(24(21)3)16-9-7-6-8-10-16/h6-14H,4-5H2,1-3H3. The molecule has 3 heteroatoms. The molecule has 3 aromatic carbocycles. The number of rotatable bonds is 4. The number of imidazole rings is 1. The summed E-state index contributed by atoms with van der Waals surface area (Å²) in [4.78, 5) is 6.37. The Hall–Kier alpha value is -2.26. The molecule has 4 rings (SSSR count). The molecule has 0 radical (unpaired) electrons. The van der Waals surface area contributed by atoms with Gasteiger partial charge in [-0.3, -0.25) is 0 Å². The van der Waals surface area contributed by atoms with E-state index in [-0.39, 0.29) is 0 Å². The third kappa shape index (κ3) is 2.73. The van der Waals surface area contributed by atoms with Crippen LogP contribution in [0.25, 0.3) is 33.2 Å². The Kier molecular flexibility index (Phi) is 4.26. The highest BCUT2D eigenvalue weighted by molar-refractivity contribution is 7.99. The Morgan fingerprint density at radius 2 is 1.80 bits per heavy atom. The highest BCUT2D eigenvalue weighted by Gasteiger charge is 2.16. The van der Waals surface area contributed by atoms with Gasteiger partial charge in [-0.15, -0.1) is 11.8 Å². The fourth-order valence-electron chi connectivity index (χ4n) is 3.46. The molecule has 0 aliphatic heterocycles. The number of benzene rings is 3. The van der Waals surface area contributed by atoms with E-state index in [1.54, 1.807) is 0 Å². The molecule has 0 amide bonds. The summed E-state index contributed by atoms with van der Waals surface area (Å²) < 4.78 is 2.25. The van der Waals surface area contributed by atoms with Crippen LogP contribution in [0, 0.1) is 0 Å². The van der Waals surface area contributed by atoms with Crippen molar-refractivity contribution in [1.29, 1.82) is 0 Å². The first-order chi connectivity index (χ1) is 12.2. The van der Waals surface area contributed by atoms with Gasteiger partial charge in [0.15, 0.2) is 0 Å². The van der Waals surface area contributed by atoms with Gasteiger partial charge in [0.1, 0.15) is 5.82 Å². The molecule has 0 N–H and O–H groups in total. The number of aryl methyl sites for hydroxylation is 2. The van der Waals surface area contributed by atoms with Crippen molar-refractivity contribution in [2.45, 2.75) is 25.2 Å². The molecule has 25 heavy (non-hydrogen) atoms. The Balaban J connectivity index is 2.08. The molecule has 0 bridgehead atoms. The normalized spacial score (nSPS) is 11.5. The van der Waals surface area contributed by atoms with Gasteiger partial charge >= 0.3 is 0 Å². The quantitative estimate of drug-likeness (QED) is 0.417. The third-order valence-electron chi connectivity index (χ3n) is 4.73. The van der Waals surface area contributed by atoms with Gasteiger partial charge in [-0.2, -0.15) is 0 Å². The summed E-state index contributed by atoms with van der Waals surface area (Å²) in [5.74, 6) is 2.08. The summed E-state index contributed by atoms with van der Waals surface area (Å²) in [6.07, 6.45) is 1.06. The van der Waals surface area contributed by atoms with E-state index in [9.17, 15) is 0 Å². The fraction of sp³-hybridized carbons (Fsp3) is 0.227. The average molecular weight is 346 g/mol. The van der Waals surface area contributed by atoms with Crippen LogP contribution in [0.5, 0.6) is 0 Å². The van der Waals surface area contributed by atoms with E-state index >= 15 is 0 Å². The van der Waals surface area contributed by atoms with E-state index < -0.39 is 0 Å². The molecule has 1 aromatic heterocycles. The van der Waals surface area contributed by atoms with Crippen molar-refractivity contribution < 1.29 is 0 Å². The summed E-state index contributed by atoms with van der Waals surface area (Å²) in [7, 11) is 2.13. The van der Waals surface area contributed by atoms with Crippen molar-refractivity contribution in [3.8, 4) is 11.4 Å². The van der Waals surface area contributed by atoms with Gasteiger partial charge < -0.3 is 4.57 Å².